The van der Waals surface area contributed by atoms with Gasteiger partial charge in [-0.25, -0.2) is 4.98 Å². The number of rotatable bonds is 5. The number of hydrogen-bond acceptors (Lipinski definition) is 5. The molecule has 0 radical (unpaired) electrons. The second kappa shape index (κ2) is 5.79. The zero-order chi connectivity index (χ0) is 11.3. The second-order valence-electron chi connectivity index (χ2n) is 3.03. The van der Waals surface area contributed by atoms with E-state index in [1.54, 1.807) is 6.20 Å². The molecule has 0 aliphatic heterocycles. The molecule has 0 bridgehead atoms. The van der Waals surface area contributed by atoms with Gasteiger partial charge in [-0.3, -0.25) is 4.79 Å². The Balaban J connectivity index is 2.46. The van der Waals surface area contributed by atoms with Gasteiger partial charge < -0.3 is 15.5 Å². The third-order valence-corrected chi connectivity index (χ3v) is 2.95. The van der Waals surface area contributed by atoms with Gasteiger partial charge in [-0.05, 0) is 6.42 Å². The Kier molecular flexibility index (Phi) is 4.67. The molecule has 15 heavy (non-hydrogen) atoms. The van der Waals surface area contributed by atoms with E-state index in [1.165, 1.54) is 11.3 Å². The summed E-state index contributed by atoms with van der Waals surface area (Å²) in [5, 5.41) is 20.4. The molecule has 1 heterocycles. The average Bonchev–Trinajstić information content (AvgIpc) is 2.73. The number of aromatic nitrogens is 1. The van der Waals surface area contributed by atoms with E-state index in [1.807, 2.05) is 6.92 Å². The maximum Gasteiger partial charge on any atom is 0.280 e. The van der Waals surface area contributed by atoms with Crippen molar-refractivity contribution in [1.82, 2.24) is 10.3 Å². The number of aliphatic hydroxyl groups excluding tert-OH is 2. The molecule has 0 aliphatic rings. The summed E-state index contributed by atoms with van der Waals surface area (Å²) in [7, 11) is 0. The summed E-state index contributed by atoms with van der Waals surface area (Å²) in [4.78, 5) is 16.4. The predicted octanol–water partition coefficient (Wildman–Crippen LogP) is -0.212. The third-order valence-electron chi connectivity index (χ3n) is 1.81. The van der Waals surface area contributed by atoms with E-state index in [4.69, 9.17) is 10.2 Å². The van der Waals surface area contributed by atoms with Crippen molar-refractivity contribution < 1.29 is 15.0 Å². The van der Waals surface area contributed by atoms with Crippen LogP contribution in [0.15, 0.2) is 6.20 Å². The van der Waals surface area contributed by atoms with Crippen LogP contribution in [0.25, 0.3) is 0 Å². The summed E-state index contributed by atoms with van der Waals surface area (Å²) in [5.41, 5.74) is 0. The molecule has 0 saturated carbocycles. The van der Waals surface area contributed by atoms with E-state index in [0.29, 0.717) is 5.01 Å². The molecular weight excluding hydrogens is 216 g/mol. The van der Waals surface area contributed by atoms with Crippen molar-refractivity contribution in [2.75, 3.05) is 13.2 Å². The Morgan fingerprint density at radius 3 is 3.00 bits per heavy atom. The summed E-state index contributed by atoms with van der Waals surface area (Å²) in [6.07, 6.45) is 1.60. The van der Waals surface area contributed by atoms with Gasteiger partial charge in [0.2, 0.25) is 0 Å². The number of aryl methyl sites for hydroxylation is 1. The minimum atomic E-state index is -0.917. The van der Waals surface area contributed by atoms with Gasteiger partial charge in [-0.1, -0.05) is 6.92 Å². The third kappa shape index (κ3) is 3.58. The fourth-order valence-corrected chi connectivity index (χ4v) is 1.69. The monoisotopic (exact) mass is 230 g/mol. The van der Waals surface area contributed by atoms with Crippen LogP contribution in [0.5, 0.6) is 0 Å². The van der Waals surface area contributed by atoms with Gasteiger partial charge in [0.1, 0.15) is 0 Å². The SMILES string of the molecule is CCc1cnc(C(=O)NC[C@@H](O)CO)s1. The fourth-order valence-electron chi connectivity index (χ4n) is 0.927. The predicted molar refractivity (Wildman–Crippen MR) is 56.9 cm³/mol. The number of aliphatic hydroxyl groups is 2. The van der Waals surface area contributed by atoms with Crippen molar-refractivity contribution in [2.24, 2.45) is 0 Å². The molecule has 0 unspecified atom stereocenters. The molecule has 1 aromatic rings. The van der Waals surface area contributed by atoms with Gasteiger partial charge in [0.25, 0.3) is 5.91 Å². The quantitative estimate of drug-likeness (QED) is 0.653. The average molecular weight is 230 g/mol. The Bertz CT molecular complexity index is 327. The normalized spacial score (nSPS) is 12.5. The first kappa shape index (κ1) is 12.1. The number of thiazole rings is 1. The van der Waals surface area contributed by atoms with Crippen molar-refractivity contribution >= 4 is 17.2 Å². The zero-order valence-electron chi connectivity index (χ0n) is 8.43. The van der Waals surface area contributed by atoms with Gasteiger partial charge in [0.05, 0.1) is 12.7 Å². The zero-order valence-corrected chi connectivity index (χ0v) is 9.25. The summed E-state index contributed by atoms with van der Waals surface area (Å²) in [6.45, 7) is 1.67. The summed E-state index contributed by atoms with van der Waals surface area (Å²) < 4.78 is 0. The van der Waals surface area contributed by atoms with Crippen LogP contribution in [-0.4, -0.2) is 40.4 Å². The highest BCUT2D eigenvalue weighted by Gasteiger charge is 2.11. The van der Waals surface area contributed by atoms with Gasteiger partial charge in [0, 0.05) is 17.6 Å². The Morgan fingerprint density at radius 1 is 1.73 bits per heavy atom. The van der Waals surface area contributed by atoms with E-state index in [-0.39, 0.29) is 19.1 Å². The molecule has 0 aliphatic carbocycles. The molecule has 1 rings (SSSR count). The molecule has 5 nitrogen and oxygen atoms in total. The molecule has 1 amide bonds. The van der Waals surface area contributed by atoms with E-state index in [0.717, 1.165) is 11.3 Å². The lowest BCUT2D eigenvalue weighted by Crippen LogP contribution is -2.33. The topological polar surface area (TPSA) is 82.5 Å². The summed E-state index contributed by atoms with van der Waals surface area (Å²) in [5.74, 6) is -0.313. The Morgan fingerprint density at radius 2 is 2.47 bits per heavy atom. The minimum Gasteiger partial charge on any atom is -0.394 e. The fraction of sp³-hybridized carbons (Fsp3) is 0.556. The van der Waals surface area contributed by atoms with Gasteiger partial charge in [0.15, 0.2) is 5.01 Å². The Hall–Kier alpha value is -0.980. The van der Waals surface area contributed by atoms with Crippen molar-refractivity contribution in [1.29, 1.82) is 0 Å². The number of hydrogen-bond donors (Lipinski definition) is 3. The molecule has 1 atom stereocenters. The van der Waals surface area contributed by atoms with Crippen molar-refractivity contribution in [3.8, 4) is 0 Å². The standard InChI is InChI=1S/C9H14N2O3S/c1-2-7-4-11-9(15-7)8(14)10-3-6(13)5-12/h4,6,12-13H,2-3,5H2,1H3,(H,10,14)/t6-/m1/s1. The van der Waals surface area contributed by atoms with Crippen molar-refractivity contribution in [3.63, 3.8) is 0 Å². The van der Waals surface area contributed by atoms with Crippen molar-refractivity contribution in [3.05, 3.63) is 16.1 Å². The first-order valence-electron chi connectivity index (χ1n) is 4.69. The van der Waals surface area contributed by atoms with Crippen LogP contribution in [0.1, 0.15) is 21.6 Å². The van der Waals surface area contributed by atoms with Gasteiger partial charge in [-0.15, -0.1) is 11.3 Å². The van der Waals surface area contributed by atoms with Crippen molar-refractivity contribution in [2.45, 2.75) is 19.4 Å². The highest BCUT2D eigenvalue weighted by molar-refractivity contribution is 7.13. The molecule has 0 spiro atoms. The number of nitrogens with zero attached hydrogens (tertiary/aromatic N) is 1. The molecule has 0 fully saturated rings. The van der Waals surface area contributed by atoms with Crippen LogP contribution < -0.4 is 5.32 Å². The van der Waals surface area contributed by atoms with Crippen LogP contribution >= 0.6 is 11.3 Å². The first-order valence-corrected chi connectivity index (χ1v) is 5.50. The van der Waals surface area contributed by atoms with Crippen LogP contribution in [-0.2, 0) is 6.42 Å². The van der Waals surface area contributed by atoms with Crippen LogP contribution in [0.2, 0.25) is 0 Å². The summed E-state index contributed by atoms with van der Waals surface area (Å²) in [6, 6.07) is 0. The lowest BCUT2D eigenvalue weighted by atomic mass is 10.4. The lowest BCUT2D eigenvalue weighted by Gasteiger charge is -2.06. The summed E-state index contributed by atoms with van der Waals surface area (Å²) >= 11 is 1.33. The van der Waals surface area contributed by atoms with Gasteiger partial charge in [-0.2, -0.15) is 0 Å². The maximum atomic E-state index is 11.4. The minimum absolute atomic E-state index is 0.0381. The molecule has 0 saturated heterocycles. The van der Waals surface area contributed by atoms with Crippen LogP contribution in [0.4, 0.5) is 0 Å². The highest BCUT2D eigenvalue weighted by Crippen LogP contribution is 2.12. The van der Waals surface area contributed by atoms with E-state index in [9.17, 15) is 4.79 Å². The molecule has 3 N–H and O–H groups in total. The molecule has 6 heteroatoms. The molecule has 84 valence electrons. The molecule has 1 aromatic heterocycles. The first-order chi connectivity index (χ1) is 7.17. The van der Waals surface area contributed by atoms with Gasteiger partial charge >= 0.3 is 0 Å². The van der Waals surface area contributed by atoms with Crippen LogP contribution in [0, 0.1) is 0 Å². The second-order valence-corrected chi connectivity index (χ2v) is 4.15. The smallest absolute Gasteiger partial charge is 0.280 e. The largest absolute Gasteiger partial charge is 0.394 e. The maximum absolute atomic E-state index is 11.4. The van der Waals surface area contributed by atoms with E-state index >= 15 is 0 Å². The molecule has 0 aromatic carbocycles. The van der Waals surface area contributed by atoms with Crippen LogP contribution in [0.3, 0.4) is 0 Å². The number of nitrogens with one attached hydrogen (secondary N) is 1. The number of amides is 1. The molecular formula is C9H14N2O3S. The van der Waals surface area contributed by atoms with E-state index < -0.39 is 6.10 Å². The Labute approximate surface area is 91.8 Å². The number of carbonyl (C=O) groups is 1. The van der Waals surface area contributed by atoms with E-state index in [2.05, 4.69) is 10.3 Å². The lowest BCUT2D eigenvalue weighted by molar-refractivity contribution is 0.0802. The number of carbonyl (C=O) groups excluding carboxylic acids is 1. The highest BCUT2D eigenvalue weighted by atomic mass is 32.1.